The molecule has 1 atom stereocenters. The van der Waals surface area contributed by atoms with E-state index in [1.54, 1.807) is 12.1 Å². The molecule has 1 unspecified atom stereocenters. The molecule has 1 aromatic carbocycles. The van der Waals surface area contributed by atoms with E-state index in [9.17, 15) is 9.18 Å². The second-order valence-electron chi connectivity index (χ2n) is 4.49. The first kappa shape index (κ1) is 13.3. The molecule has 0 spiro atoms. The summed E-state index contributed by atoms with van der Waals surface area (Å²) in [5.74, 6) is -0.126. The van der Waals surface area contributed by atoms with Crippen LogP contribution in [-0.4, -0.2) is 12.5 Å². The highest BCUT2D eigenvalue weighted by atomic mass is 79.9. The summed E-state index contributed by atoms with van der Waals surface area (Å²) < 4.78 is 13.7. The molecule has 2 nitrogen and oxygen atoms in total. The minimum absolute atomic E-state index is 0.212. The van der Waals surface area contributed by atoms with Crippen molar-refractivity contribution in [2.45, 2.75) is 19.3 Å². The minimum Gasteiger partial charge on any atom is -0.352 e. The molecule has 0 saturated heterocycles. The molecule has 0 aliphatic heterocycles. The van der Waals surface area contributed by atoms with Crippen molar-refractivity contribution in [2.75, 3.05) is 6.54 Å². The van der Waals surface area contributed by atoms with Crippen molar-refractivity contribution in [1.29, 1.82) is 0 Å². The third kappa shape index (κ3) is 3.42. The number of carbonyl (C=O) groups is 1. The lowest BCUT2D eigenvalue weighted by molar-refractivity contribution is 0.0946. The van der Waals surface area contributed by atoms with Crippen LogP contribution < -0.4 is 5.32 Å². The van der Waals surface area contributed by atoms with Gasteiger partial charge in [0, 0.05) is 12.1 Å². The maximum Gasteiger partial charge on any atom is 0.251 e. The molecular formula is C14H15BrFNO. The molecule has 4 heteroatoms. The zero-order chi connectivity index (χ0) is 13.0. The maximum absolute atomic E-state index is 13.3. The SMILES string of the molecule is O=C(NCC1CC=CCC1)c1ccc(Br)c(F)c1. The normalized spacial score (nSPS) is 18.7. The van der Waals surface area contributed by atoms with E-state index in [1.165, 1.54) is 6.07 Å². The van der Waals surface area contributed by atoms with Gasteiger partial charge in [-0.05, 0) is 59.3 Å². The van der Waals surface area contributed by atoms with Crippen LogP contribution in [0.15, 0.2) is 34.8 Å². The number of carbonyl (C=O) groups excluding carboxylic acids is 1. The largest absolute Gasteiger partial charge is 0.352 e. The van der Waals surface area contributed by atoms with Gasteiger partial charge >= 0.3 is 0 Å². The summed E-state index contributed by atoms with van der Waals surface area (Å²) in [5, 5.41) is 2.86. The molecule has 0 fully saturated rings. The van der Waals surface area contributed by atoms with Gasteiger partial charge in [0.1, 0.15) is 5.82 Å². The molecule has 2 rings (SSSR count). The number of hydrogen-bond acceptors (Lipinski definition) is 1. The van der Waals surface area contributed by atoms with Crippen LogP contribution in [0, 0.1) is 11.7 Å². The van der Waals surface area contributed by atoms with E-state index in [2.05, 4.69) is 33.4 Å². The zero-order valence-corrected chi connectivity index (χ0v) is 11.5. The Bertz CT molecular complexity index is 473. The van der Waals surface area contributed by atoms with Crippen LogP contribution in [0.4, 0.5) is 4.39 Å². The summed E-state index contributed by atoms with van der Waals surface area (Å²) in [6.45, 7) is 0.654. The maximum atomic E-state index is 13.3. The van der Waals surface area contributed by atoms with Crippen molar-refractivity contribution in [2.24, 2.45) is 5.92 Å². The van der Waals surface area contributed by atoms with Gasteiger partial charge in [-0.25, -0.2) is 4.39 Å². The first-order chi connectivity index (χ1) is 8.66. The van der Waals surface area contributed by atoms with Crippen LogP contribution in [0.3, 0.4) is 0 Å². The number of benzene rings is 1. The monoisotopic (exact) mass is 311 g/mol. The van der Waals surface area contributed by atoms with E-state index in [0.29, 0.717) is 22.5 Å². The predicted octanol–water partition coefficient (Wildman–Crippen LogP) is 3.67. The molecule has 0 bridgehead atoms. The number of hydrogen-bond donors (Lipinski definition) is 1. The Morgan fingerprint density at radius 1 is 1.44 bits per heavy atom. The molecule has 18 heavy (non-hydrogen) atoms. The first-order valence-electron chi connectivity index (χ1n) is 6.05. The van der Waals surface area contributed by atoms with Crippen LogP contribution in [-0.2, 0) is 0 Å². The van der Waals surface area contributed by atoms with Crippen LogP contribution >= 0.6 is 15.9 Å². The number of nitrogens with one attached hydrogen (secondary N) is 1. The topological polar surface area (TPSA) is 29.1 Å². The average molecular weight is 312 g/mol. The Morgan fingerprint density at radius 3 is 2.94 bits per heavy atom. The molecule has 1 aliphatic carbocycles. The molecule has 1 aliphatic rings. The summed E-state index contributed by atoms with van der Waals surface area (Å²) in [7, 11) is 0. The fraction of sp³-hybridized carbons (Fsp3) is 0.357. The van der Waals surface area contributed by atoms with Gasteiger partial charge in [0.05, 0.1) is 4.47 Å². The van der Waals surface area contributed by atoms with Gasteiger partial charge in [-0.3, -0.25) is 4.79 Å². The van der Waals surface area contributed by atoms with E-state index in [4.69, 9.17) is 0 Å². The second kappa shape index (κ2) is 6.14. The van der Waals surface area contributed by atoms with Crippen molar-refractivity contribution < 1.29 is 9.18 Å². The van der Waals surface area contributed by atoms with Gasteiger partial charge < -0.3 is 5.32 Å². The molecule has 0 saturated carbocycles. The summed E-state index contributed by atoms with van der Waals surface area (Å²) in [4.78, 5) is 11.8. The second-order valence-corrected chi connectivity index (χ2v) is 5.34. The van der Waals surface area contributed by atoms with E-state index in [1.807, 2.05) is 0 Å². The molecule has 1 amide bonds. The molecule has 0 heterocycles. The fourth-order valence-electron chi connectivity index (χ4n) is 2.02. The first-order valence-corrected chi connectivity index (χ1v) is 6.84. The standard InChI is InChI=1S/C14H15BrFNO/c15-12-7-6-11(8-13(12)16)14(18)17-9-10-4-2-1-3-5-10/h1-2,6-8,10H,3-5,9H2,(H,17,18). The van der Waals surface area contributed by atoms with E-state index in [0.717, 1.165) is 19.3 Å². The lowest BCUT2D eigenvalue weighted by Gasteiger charge is -2.18. The number of rotatable bonds is 3. The van der Waals surface area contributed by atoms with E-state index < -0.39 is 5.82 Å². The highest BCUT2D eigenvalue weighted by molar-refractivity contribution is 9.10. The number of allylic oxidation sites excluding steroid dienone is 2. The van der Waals surface area contributed by atoms with Crippen molar-refractivity contribution in [3.05, 3.63) is 46.2 Å². The molecule has 0 radical (unpaired) electrons. The zero-order valence-electron chi connectivity index (χ0n) is 9.96. The Morgan fingerprint density at radius 2 is 2.28 bits per heavy atom. The molecule has 1 N–H and O–H groups in total. The number of amides is 1. The third-order valence-corrected chi connectivity index (χ3v) is 3.75. The summed E-state index contributed by atoms with van der Waals surface area (Å²) in [6, 6.07) is 4.41. The minimum atomic E-state index is -0.414. The van der Waals surface area contributed by atoms with Crippen molar-refractivity contribution in [1.82, 2.24) is 5.32 Å². The van der Waals surface area contributed by atoms with Crippen LogP contribution in [0.1, 0.15) is 29.6 Å². The lowest BCUT2D eigenvalue weighted by Crippen LogP contribution is -2.29. The smallest absolute Gasteiger partial charge is 0.251 e. The molecule has 96 valence electrons. The predicted molar refractivity (Wildman–Crippen MR) is 72.9 cm³/mol. The Kier molecular flexibility index (Phi) is 4.53. The Hall–Kier alpha value is -1.16. The van der Waals surface area contributed by atoms with E-state index in [-0.39, 0.29) is 5.91 Å². The quantitative estimate of drug-likeness (QED) is 0.848. The highest BCUT2D eigenvalue weighted by Gasteiger charge is 2.13. The Balaban J connectivity index is 1.91. The molecular weight excluding hydrogens is 297 g/mol. The Labute approximate surface area is 114 Å². The highest BCUT2D eigenvalue weighted by Crippen LogP contribution is 2.18. The molecule has 1 aromatic rings. The average Bonchev–Trinajstić information content (AvgIpc) is 2.40. The van der Waals surface area contributed by atoms with Gasteiger partial charge in [-0.1, -0.05) is 12.2 Å². The van der Waals surface area contributed by atoms with Crippen LogP contribution in [0.25, 0.3) is 0 Å². The lowest BCUT2D eigenvalue weighted by atomic mass is 9.94. The van der Waals surface area contributed by atoms with Crippen LogP contribution in [0.5, 0.6) is 0 Å². The summed E-state index contributed by atoms with van der Waals surface area (Å²) in [5.41, 5.74) is 0.363. The van der Waals surface area contributed by atoms with Gasteiger partial charge in [0.15, 0.2) is 0 Å². The summed E-state index contributed by atoms with van der Waals surface area (Å²) in [6.07, 6.45) is 7.51. The molecule has 0 aromatic heterocycles. The number of halogens is 2. The van der Waals surface area contributed by atoms with Crippen molar-refractivity contribution >= 4 is 21.8 Å². The van der Waals surface area contributed by atoms with Crippen molar-refractivity contribution in [3.63, 3.8) is 0 Å². The third-order valence-electron chi connectivity index (χ3n) is 3.11. The van der Waals surface area contributed by atoms with Gasteiger partial charge in [-0.15, -0.1) is 0 Å². The van der Waals surface area contributed by atoms with Gasteiger partial charge in [0.2, 0.25) is 0 Å². The fourth-order valence-corrected chi connectivity index (χ4v) is 2.26. The van der Waals surface area contributed by atoms with Gasteiger partial charge in [-0.2, -0.15) is 0 Å². The van der Waals surface area contributed by atoms with E-state index >= 15 is 0 Å². The summed E-state index contributed by atoms with van der Waals surface area (Å²) >= 11 is 3.07. The van der Waals surface area contributed by atoms with Crippen molar-refractivity contribution in [3.8, 4) is 0 Å². The van der Waals surface area contributed by atoms with Gasteiger partial charge in [0.25, 0.3) is 5.91 Å². The van der Waals surface area contributed by atoms with Crippen LogP contribution in [0.2, 0.25) is 0 Å².